The second-order valence-corrected chi connectivity index (χ2v) is 5.77. The summed E-state index contributed by atoms with van der Waals surface area (Å²) in [6.07, 6.45) is 6.84. The SMILES string of the molecule is CCOC(=O)C1(NC(=O)Cc2c[nH]c3ccccc23)CC=CC1. The Balaban J connectivity index is 1.74. The van der Waals surface area contributed by atoms with E-state index in [1.165, 1.54) is 0 Å². The maximum atomic E-state index is 12.5. The number of rotatable bonds is 5. The Kier molecular flexibility index (Phi) is 4.19. The average molecular weight is 312 g/mol. The van der Waals surface area contributed by atoms with Crippen molar-refractivity contribution in [1.29, 1.82) is 0 Å². The monoisotopic (exact) mass is 312 g/mol. The highest BCUT2D eigenvalue weighted by Gasteiger charge is 2.41. The molecule has 2 N–H and O–H groups in total. The van der Waals surface area contributed by atoms with Crippen LogP contribution < -0.4 is 5.32 Å². The van der Waals surface area contributed by atoms with Crippen molar-refractivity contribution in [2.24, 2.45) is 0 Å². The number of aromatic nitrogens is 1. The van der Waals surface area contributed by atoms with Gasteiger partial charge in [-0.1, -0.05) is 30.4 Å². The van der Waals surface area contributed by atoms with Gasteiger partial charge in [-0.25, -0.2) is 4.79 Å². The predicted molar refractivity (Wildman–Crippen MR) is 87.9 cm³/mol. The molecule has 0 saturated heterocycles. The van der Waals surface area contributed by atoms with Crippen LogP contribution in [0.5, 0.6) is 0 Å². The lowest BCUT2D eigenvalue weighted by atomic mass is 9.96. The maximum absolute atomic E-state index is 12.5. The summed E-state index contributed by atoms with van der Waals surface area (Å²) >= 11 is 0. The Morgan fingerprint density at radius 3 is 2.74 bits per heavy atom. The first-order valence-electron chi connectivity index (χ1n) is 7.83. The summed E-state index contributed by atoms with van der Waals surface area (Å²) < 4.78 is 5.14. The van der Waals surface area contributed by atoms with Gasteiger partial charge >= 0.3 is 5.97 Å². The van der Waals surface area contributed by atoms with Crippen LogP contribution in [-0.4, -0.2) is 29.0 Å². The van der Waals surface area contributed by atoms with E-state index in [0.717, 1.165) is 16.5 Å². The van der Waals surface area contributed by atoms with Crippen LogP contribution in [-0.2, 0) is 20.7 Å². The van der Waals surface area contributed by atoms with Crippen molar-refractivity contribution in [1.82, 2.24) is 10.3 Å². The first-order chi connectivity index (χ1) is 11.1. The minimum absolute atomic E-state index is 0.175. The number of benzene rings is 1. The zero-order valence-electron chi connectivity index (χ0n) is 13.1. The molecule has 1 amide bonds. The molecule has 1 heterocycles. The van der Waals surface area contributed by atoms with Gasteiger partial charge in [0.15, 0.2) is 0 Å². The standard InChI is InChI=1S/C18H20N2O3/c1-2-23-17(22)18(9-5-6-10-18)20-16(21)11-13-12-19-15-8-4-3-7-14(13)15/h3-8,12,19H,2,9-11H2,1H3,(H,20,21). The normalized spacial score (nSPS) is 15.7. The van der Waals surface area contributed by atoms with Gasteiger partial charge < -0.3 is 15.0 Å². The first-order valence-corrected chi connectivity index (χ1v) is 7.83. The molecule has 1 aromatic carbocycles. The van der Waals surface area contributed by atoms with Gasteiger partial charge in [0.05, 0.1) is 13.0 Å². The molecule has 0 bridgehead atoms. The number of para-hydroxylation sites is 1. The van der Waals surface area contributed by atoms with Gasteiger partial charge in [0.1, 0.15) is 5.54 Å². The third kappa shape index (κ3) is 2.99. The fourth-order valence-electron chi connectivity index (χ4n) is 3.00. The molecule has 0 fully saturated rings. The summed E-state index contributed by atoms with van der Waals surface area (Å²) in [5.41, 5.74) is 0.972. The summed E-state index contributed by atoms with van der Waals surface area (Å²) in [5, 5.41) is 3.92. The van der Waals surface area contributed by atoms with Crippen molar-refractivity contribution in [3.63, 3.8) is 0 Å². The Morgan fingerprint density at radius 1 is 1.26 bits per heavy atom. The third-order valence-electron chi connectivity index (χ3n) is 4.17. The average Bonchev–Trinajstić information content (AvgIpc) is 3.16. The minimum Gasteiger partial charge on any atom is -0.464 e. The molecular weight excluding hydrogens is 292 g/mol. The van der Waals surface area contributed by atoms with E-state index in [-0.39, 0.29) is 18.3 Å². The van der Waals surface area contributed by atoms with Crippen LogP contribution in [0.2, 0.25) is 0 Å². The van der Waals surface area contributed by atoms with Crippen LogP contribution in [0.4, 0.5) is 0 Å². The van der Waals surface area contributed by atoms with Crippen LogP contribution in [0.3, 0.4) is 0 Å². The molecule has 0 aliphatic heterocycles. The molecule has 2 aromatic rings. The molecule has 0 atom stereocenters. The maximum Gasteiger partial charge on any atom is 0.332 e. The highest BCUT2D eigenvalue weighted by Crippen LogP contribution is 2.26. The number of carbonyl (C=O) groups is 2. The molecule has 120 valence electrons. The number of carbonyl (C=O) groups excluding carboxylic acids is 2. The number of hydrogen-bond donors (Lipinski definition) is 2. The first kappa shape index (κ1) is 15.3. The van der Waals surface area contributed by atoms with Crippen molar-refractivity contribution in [2.45, 2.75) is 31.7 Å². The van der Waals surface area contributed by atoms with Crippen molar-refractivity contribution < 1.29 is 14.3 Å². The van der Waals surface area contributed by atoms with Gasteiger partial charge in [0, 0.05) is 17.1 Å². The summed E-state index contributed by atoms with van der Waals surface area (Å²) in [5.74, 6) is -0.538. The molecule has 1 aromatic heterocycles. The molecule has 0 spiro atoms. The number of aromatic amines is 1. The van der Waals surface area contributed by atoms with E-state index in [2.05, 4.69) is 10.3 Å². The number of hydrogen-bond acceptors (Lipinski definition) is 3. The van der Waals surface area contributed by atoms with Gasteiger partial charge in [-0.2, -0.15) is 0 Å². The van der Waals surface area contributed by atoms with Gasteiger partial charge in [-0.05, 0) is 31.4 Å². The molecule has 1 aliphatic carbocycles. The van der Waals surface area contributed by atoms with Crippen LogP contribution in [0.15, 0.2) is 42.6 Å². The smallest absolute Gasteiger partial charge is 0.332 e. The van der Waals surface area contributed by atoms with E-state index >= 15 is 0 Å². The Labute approximate surface area is 134 Å². The van der Waals surface area contributed by atoms with Gasteiger partial charge in [-0.15, -0.1) is 0 Å². The fourth-order valence-corrected chi connectivity index (χ4v) is 3.00. The van der Waals surface area contributed by atoms with E-state index in [4.69, 9.17) is 4.74 Å². The molecule has 5 heteroatoms. The lowest BCUT2D eigenvalue weighted by Crippen LogP contribution is -2.54. The third-order valence-corrected chi connectivity index (χ3v) is 4.17. The highest BCUT2D eigenvalue weighted by molar-refractivity contribution is 5.92. The number of ether oxygens (including phenoxy) is 1. The summed E-state index contributed by atoms with van der Waals surface area (Å²) in [6, 6.07) is 7.84. The van der Waals surface area contributed by atoms with Crippen molar-refractivity contribution in [3.05, 3.63) is 48.2 Å². The minimum atomic E-state index is -0.945. The second-order valence-electron chi connectivity index (χ2n) is 5.77. The van der Waals surface area contributed by atoms with E-state index in [1.807, 2.05) is 42.6 Å². The molecule has 23 heavy (non-hydrogen) atoms. The van der Waals surface area contributed by atoms with Crippen LogP contribution in [0.1, 0.15) is 25.3 Å². The lowest BCUT2D eigenvalue weighted by Gasteiger charge is -2.27. The van der Waals surface area contributed by atoms with E-state index in [1.54, 1.807) is 6.92 Å². The fraction of sp³-hybridized carbons (Fsp3) is 0.333. The highest BCUT2D eigenvalue weighted by atomic mass is 16.5. The van der Waals surface area contributed by atoms with E-state index < -0.39 is 5.54 Å². The van der Waals surface area contributed by atoms with Crippen molar-refractivity contribution in [2.75, 3.05) is 6.61 Å². The summed E-state index contributed by atoms with van der Waals surface area (Å²) in [4.78, 5) is 27.9. The second kappa shape index (κ2) is 6.28. The molecule has 0 radical (unpaired) electrons. The van der Waals surface area contributed by atoms with Gasteiger partial charge in [-0.3, -0.25) is 4.79 Å². The molecule has 0 unspecified atom stereocenters. The van der Waals surface area contributed by atoms with Crippen molar-refractivity contribution in [3.8, 4) is 0 Å². The van der Waals surface area contributed by atoms with Crippen LogP contribution in [0, 0.1) is 0 Å². The molecule has 5 nitrogen and oxygen atoms in total. The summed E-state index contributed by atoms with van der Waals surface area (Å²) in [7, 11) is 0. The zero-order chi connectivity index (χ0) is 16.3. The lowest BCUT2D eigenvalue weighted by molar-refractivity contribution is -0.152. The Morgan fingerprint density at radius 2 is 2.00 bits per heavy atom. The number of H-pyrrole nitrogens is 1. The van der Waals surface area contributed by atoms with Crippen molar-refractivity contribution >= 4 is 22.8 Å². The number of nitrogens with one attached hydrogen (secondary N) is 2. The summed E-state index contributed by atoms with van der Waals surface area (Å²) in [6.45, 7) is 2.07. The van der Waals surface area contributed by atoms with E-state index in [0.29, 0.717) is 19.4 Å². The quantitative estimate of drug-likeness (QED) is 0.658. The molecule has 1 aliphatic rings. The Hall–Kier alpha value is -2.56. The van der Waals surface area contributed by atoms with Gasteiger partial charge in [0.2, 0.25) is 5.91 Å². The number of esters is 1. The number of amides is 1. The number of fused-ring (bicyclic) bond motifs is 1. The Bertz CT molecular complexity index is 752. The largest absolute Gasteiger partial charge is 0.464 e. The molecule has 0 saturated carbocycles. The molecule has 3 rings (SSSR count). The zero-order valence-corrected chi connectivity index (χ0v) is 13.1. The van der Waals surface area contributed by atoms with Gasteiger partial charge in [0.25, 0.3) is 0 Å². The molecular formula is C18H20N2O3. The predicted octanol–water partition coefficient (Wildman–Crippen LogP) is 2.48. The van der Waals surface area contributed by atoms with Crippen LogP contribution >= 0.6 is 0 Å². The topological polar surface area (TPSA) is 71.2 Å². The van der Waals surface area contributed by atoms with Crippen LogP contribution in [0.25, 0.3) is 10.9 Å². The van der Waals surface area contributed by atoms with E-state index in [9.17, 15) is 9.59 Å².